The molecule has 114 valence electrons. The molecule has 0 spiro atoms. The lowest BCUT2D eigenvalue weighted by molar-refractivity contribution is 0.0919. The first-order valence-electron chi connectivity index (χ1n) is 7.50. The first kappa shape index (κ1) is 14.6. The highest BCUT2D eigenvalue weighted by Gasteiger charge is 2.29. The van der Waals surface area contributed by atoms with E-state index in [-0.39, 0.29) is 23.7 Å². The lowest BCUT2D eigenvalue weighted by Gasteiger charge is -2.32. The van der Waals surface area contributed by atoms with E-state index in [2.05, 4.69) is 12.2 Å². The molecule has 0 bridgehead atoms. The fourth-order valence-corrected chi connectivity index (χ4v) is 3.10. The van der Waals surface area contributed by atoms with Crippen LogP contribution in [0.5, 0.6) is 0 Å². The zero-order valence-electron chi connectivity index (χ0n) is 12.5. The molecule has 2 unspecified atom stereocenters. The highest BCUT2D eigenvalue weighted by Crippen LogP contribution is 2.35. The number of nitrogens with two attached hydrogens (primary N) is 1. The summed E-state index contributed by atoms with van der Waals surface area (Å²) in [6.07, 6.45) is 1.57. The molecule has 1 aliphatic rings. The first-order chi connectivity index (χ1) is 10.6. The van der Waals surface area contributed by atoms with Crippen molar-refractivity contribution < 1.29 is 9.18 Å². The molecule has 0 aliphatic heterocycles. The Bertz CT molecular complexity index is 714. The van der Waals surface area contributed by atoms with E-state index in [1.807, 2.05) is 6.07 Å². The summed E-state index contributed by atoms with van der Waals surface area (Å²) in [6, 6.07) is 11.8. The van der Waals surface area contributed by atoms with Gasteiger partial charge in [-0.1, -0.05) is 25.1 Å². The number of anilines is 1. The monoisotopic (exact) mass is 298 g/mol. The van der Waals surface area contributed by atoms with E-state index in [0.717, 1.165) is 17.5 Å². The molecule has 0 aromatic heterocycles. The predicted octanol–water partition coefficient (Wildman–Crippen LogP) is 3.46. The Hall–Kier alpha value is -2.36. The highest BCUT2D eigenvalue weighted by atomic mass is 19.1. The van der Waals surface area contributed by atoms with Gasteiger partial charge in [0.1, 0.15) is 5.82 Å². The van der Waals surface area contributed by atoms with Gasteiger partial charge < -0.3 is 11.1 Å². The minimum absolute atomic E-state index is 0.173. The summed E-state index contributed by atoms with van der Waals surface area (Å²) in [5.41, 5.74) is 8.41. The number of carbonyl (C=O) groups is 1. The third kappa shape index (κ3) is 2.69. The molecule has 0 radical (unpaired) electrons. The van der Waals surface area contributed by atoms with Gasteiger partial charge in [0.2, 0.25) is 0 Å². The SMILES string of the molecule is CC1CCc2c(F)cccc2C1NC(=O)c1cccc(N)c1. The van der Waals surface area contributed by atoms with Crippen LogP contribution in [-0.2, 0) is 6.42 Å². The fraction of sp³-hybridized carbons (Fsp3) is 0.278. The van der Waals surface area contributed by atoms with Gasteiger partial charge in [-0.3, -0.25) is 4.79 Å². The van der Waals surface area contributed by atoms with Crippen molar-refractivity contribution >= 4 is 11.6 Å². The second-order valence-electron chi connectivity index (χ2n) is 5.90. The molecule has 0 heterocycles. The van der Waals surface area contributed by atoms with Crippen molar-refractivity contribution in [3.8, 4) is 0 Å². The fourth-order valence-electron chi connectivity index (χ4n) is 3.10. The van der Waals surface area contributed by atoms with E-state index in [1.54, 1.807) is 30.3 Å². The number of hydrogen-bond donors (Lipinski definition) is 2. The van der Waals surface area contributed by atoms with Crippen molar-refractivity contribution in [2.45, 2.75) is 25.8 Å². The Morgan fingerprint density at radius 1 is 1.27 bits per heavy atom. The maximum Gasteiger partial charge on any atom is 0.251 e. The topological polar surface area (TPSA) is 55.1 Å². The average molecular weight is 298 g/mol. The van der Waals surface area contributed by atoms with Crippen LogP contribution < -0.4 is 11.1 Å². The molecule has 2 aromatic rings. The molecule has 1 aliphatic carbocycles. The molecule has 22 heavy (non-hydrogen) atoms. The number of benzene rings is 2. The van der Waals surface area contributed by atoms with Gasteiger partial charge in [-0.05, 0) is 54.2 Å². The number of nitrogen functional groups attached to an aromatic ring is 1. The van der Waals surface area contributed by atoms with Crippen LogP contribution in [0, 0.1) is 11.7 Å². The minimum Gasteiger partial charge on any atom is -0.399 e. The predicted molar refractivity (Wildman–Crippen MR) is 84.9 cm³/mol. The van der Waals surface area contributed by atoms with Crippen molar-refractivity contribution in [1.29, 1.82) is 0 Å². The Kier molecular flexibility index (Phi) is 3.84. The largest absolute Gasteiger partial charge is 0.399 e. The molecule has 0 saturated carbocycles. The minimum atomic E-state index is -0.187. The van der Waals surface area contributed by atoms with Gasteiger partial charge in [0.15, 0.2) is 0 Å². The van der Waals surface area contributed by atoms with Crippen LogP contribution >= 0.6 is 0 Å². The summed E-state index contributed by atoms with van der Waals surface area (Å²) >= 11 is 0. The van der Waals surface area contributed by atoms with Crippen LogP contribution in [0.1, 0.15) is 40.9 Å². The van der Waals surface area contributed by atoms with Crippen LogP contribution in [0.4, 0.5) is 10.1 Å². The first-order valence-corrected chi connectivity index (χ1v) is 7.50. The van der Waals surface area contributed by atoms with Crippen LogP contribution in [0.3, 0.4) is 0 Å². The number of amides is 1. The number of nitrogens with one attached hydrogen (secondary N) is 1. The molecule has 0 fully saturated rings. The Morgan fingerprint density at radius 3 is 2.82 bits per heavy atom. The van der Waals surface area contributed by atoms with Crippen molar-refractivity contribution in [2.75, 3.05) is 5.73 Å². The Labute approximate surface area is 129 Å². The maximum absolute atomic E-state index is 14.0. The summed E-state index contributed by atoms with van der Waals surface area (Å²) in [4.78, 5) is 12.4. The molecule has 3 N–H and O–H groups in total. The van der Waals surface area contributed by atoms with E-state index in [0.29, 0.717) is 17.7 Å². The lowest BCUT2D eigenvalue weighted by Crippen LogP contribution is -2.35. The summed E-state index contributed by atoms with van der Waals surface area (Å²) < 4.78 is 14.0. The van der Waals surface area contributed by atoms with E-state index >= 15 is 0 Å². The van der Waals surface area contributed by atoms with Crippen molar-refractivity contribution in [2.24, 2.45) is 5.92 Å². The average Bonchev–Trinajstić information content (AvgIpc) is 2.50. The van der Waals surface area contributed by atoms with E-state index in [4.69, 9.17) is 5.73 Å². The number of hydrogen-bond acceptors (Lipinski definition) is 2. The zero-order valence-corrected chi connectivity index (χ0v) is 12.5. The molecule has 3 nitrogen and oxygen atoms in total. The Morgan fingerprint density at radius 2 is 2.05 bits per heavy atom. The molecular formula is C18H19FN2O. The van der Waals surface area contributed by atoms with Gasteiger partial charge in [0, 0.05) is 11.3 Å². The molecule has 2 aromatic carbocycles. The van der Waals surface area contributed by atoms with E-state index < -0.39 is 0 Å². The van der Waals surface area contributed by atoms with Gasteiger partial charge in [-0.25, -0.2) is 4.39 Å². The molecule has 3 rings (SSSR count). The molecule has 2 atom stereocenters. The Balaban J connectivity index is 1.89. The van der Waals surface area contributed by atoms with Crippen molar-refractivity contribution in [3.05, 3.63) is 65.0 Å². The third-order valence-corrected chi connectivity index (χ3v) is 4.34. The standard InChI is InChI=1S/C18H19FN2O/c1-11-8-9-14-15(6-3-7-16(14)19)17(11)21-18(22)12-4-2-5-13(20)10-12/h2-7,10-11,17H,8-9,20H2,1H3,(H,21,22). The van der Waals surface area contributed by atoms with Crippen LogP contribution in [-0.4, -0.2) is 5.91 Å². The molecule has 4 heteroatoms. The van der Waals surface area contributed by atoms with Crippen LogP contribution in [0.15, 0.2) is 42.5 Å². The second-order valence-corrected chi connectivity index (χ2v) is 5.90. The normalized spacial score (nSPS) is 20.3. The zero-order chi connectivity index (χ0) is 15.7. The van der Waals surface area contributed by atoms with Gasteiger partial charge >= 0.3 is 0 Å². The number of fused-ring (bicyclic) bond motifs is 1. The summed E-state index contributed by atoms with van der Waals surface area (Å²) in [7, 11) is 0. The van der Waals surface area contributed by atoms with E-state index in [9.17, 15) is 9.18 Å². The lowest BCUT2D eigenvalue weighted by atomic mass is 9.80. The number of carbonyl (C=O) groups excluding carboxylic acids is 1. The quantitative estimate of drug-likeness (QED) is 0.834. The van der Waals surface area contributed by atoms with Gasteiger partial charge in [-0.2, -0.15) is 0 Å². The number of halogens is 1. The third-order valence-electron chi connectivity index (χ3n) is 4.34. The van der Waals surface area contributed by atoms with Crippen LogP contribution in [0.2, 0.25) is 0 Å². The summed E-state index contributed by atoms with van der Waals surface area (Å²) in [6.45, 7) is 2.08. The maximum atomic E-state index is 14.0. The summed E-state index contributed by atoms with van der Waals surface area (Å²) in [5.74, 6) is -0.104. The molecule has 1 amide bonds. The van der Waals surface area contributed by atoms with Gasteiger partial charge in [0.05, 0.1) is 6.04 Å². The van der Waals surface area contributed by atoms with Crippen LogP contribution in [0.25, 0.3) is 0 Å². The summed E-state index contributed by atoms with van der Waals surface area (Å²) in [5, 5.41) is 3.03. The van der Waals surface area contributed by atoms with E-state index in [1.165, 1.54) is 6.07 Å². The van der Waals surface area contributed by atoms with Gasteiger partial charge in [0.25, 0.3) is 5.91 Å². The second kappa shape index (κ2) is 5.79. The van der Waals surface area contributed by atoms with Crippen molar-refractivity contribution in [3.63, 3.8) is 0 Å². The molecule has 0 saturated heterocycles. The highest BCUT2D eigenvalue weighted by molar-refractivity contribution is 5.95. The van der Waals surface area contributed by atoms with Crippen molar-refractivity contribution in [1.82, 2.24) is 5.32 Å². The number of rotatable bonds is 2. The smallest absolute Gasteiger partial charge is 0.251 e. The molecular weight excluding hydrogens is 279 g/mol. The van der Waals surface area contributed by atoms with Gasteiger partial charge in [-0.15, -0.1) is 0 Å².